The fourth-order valence-corrected chi connectivity index (χ4v) is 6.15. The Morgan fingerprint density at radius 3 is 2.69 bits per heavy atom. The van der Waals surface area contributed by atoms with E-state index in [1.165, 1.54) is 12.1 Å². The van der Waals surface area contributed by atoms with Crippen molar-refractivity contribution in [3.8, 4) is 5.75 Å². The number of ether oxygens (including phenoxy) is 1. The largest absolute Gasteiger partial charge is 0.492 e. The van der Waals surface area contributed by atoms with E-state index >= 15 is 0 Å². The van der Waals surface area contributed by atoms with Crippen LogP contribution in [0.3, 0.4) is 0 Å². The molecule has 0 aromatic heterocycles. The van der Waals surface area contributed by atoms with Gasteiger partial charge >= 0.3 is 0 Å². The van der Waals surface area contributed by atoms with Crippen LogP contribution in [0.4, 0.5) is 4.39 Å². The van der Waals surface area contributed by atoms with Gasteiger partial charge in [0.25, 0.3) is 5.91 Å². The predicted octanol–water partition coefficient (Wildman–Crippen LogP) is 3.17. The summed E-state index contributed by atoms with van der Waals surface area (Å²) in [5.41, 5.74) is 3.35. The third-order valence-electron chi connectivity index (χ3n) is 7.95. The van der Waals surface area contributed by atoms with Gasteiger partial charge in [0.1, 0.15) is 17.6 Å². The molecule has 0 saturated carbocycles. The van der Waals surface area contributed by atoms with E-state index < -0.39 is 11.9 Å². The first-order chi connectivity index (χ1) is 16.8. The standard InChI is InChI=1S/C26H25ClFN3O4/c27-20-11-16(28)2-1-15(20)12-30-9-7-26(8-10-30)14-35-23-18-13-31(21-5-6-22(32)29-24(21)33)25(34)17(18)3-4-19(23)26/h1-4,11,21H,5-10,12-14H2,(H,29,32,33). The van der Waals surface area contributed by atoms with Gasteiger partial charge in [-0.25, -0.2) is 4.39 Å². The van der Waals surface area contributed by atoms with Crippen LogP contribution >= 0.6 is 11.6 Å². The van der Waals surface area contributed by atoms with Crippen molar-refractivity contribution >= 4 is 29.3 Å². The number of halogens is 2. The molecule has 4 heterocycles. The molecule has 2 saturated heterocycles. The van der Waals surface area contributed by atoms with E-state index in [2.05, 4.69) is 10.2 Å². The van der Waals surface area contributed by atoms with E-state index in [1.54, 1.807) is 11.0 Å². The predicted molar refractivity (Wildman–Crippen MR) is 126 cm³/mol. The van der Waals surface area contributed by atoms with Crippen molar-refractivity contribution in [2.45, 2.75) is 50.2 Å². The number of piperidine rings is 2. The smallest absolute Gasteiger partial charge is 0.255 e. The van der Waals surface area contributed by atoms with Gasteiger partial charge in [0.2, 0.25) is 11.8 Å². The highest BCUT2D eigenvalue weighted by Gasteiger charge is 2.47. The maximum absolute atomic E-state index is 13.4. The van der Waals surface area contributed by atoms with Crippen LogP contribution in [0.25, 0.3) is 0 Å². The van der Waals surface area contributed by atoms with E-state index in [-0.39, 0.29) is 29.5 Å². The quantitative estimate of drug-likeness (QED) is 0.659. The van der Waals surface area contributed by atoms with Crippen molar-refractivity contribution in [2.75, 3.05) is 19.7 Å². The Bertz CT molecular complexity index is 1260. The number of rotatable bonds is 3. The maximum atomic E-state index is 13.4. The molecular formula is C26H25ClFN3O4. The summed E-state index contributed by atoms with van der Waals surface area (Å²) in [4.78, 5) is 40.9. The zero-order chi connectivity index (χ0) is 24.3. The number of hydrogen-bond donors (Lipinski definition) is 1. The fourth-order valence-electron chi connectivity index (χ4n) is 5.93. The van der Waals surface area contributed by atoms with Gasteiger partial charge in [-0.3, -0.25) is 24.6 Å². The van der Waals surface area contributed by atoms with E-state index in [4.69, 9.17) is 16.3 Å². The average molecular weight is 498 g/mol. The lowest BCUT2D eigenvalue weighted by atomic mass is 9.74. The van der Waals surface area contributed by atoms with Crippen molar-refractivity contribution in [2.24, 2.45) is 0 Å². The van der Waals surface area contributed by atoms with Crippen LogP contribution in [0.15, 0.2) is 30.3 Å². The fraction of sp³-hybridized carbons (Fsp3) is 0.423. The van der Waals surface area contributed by atoms with Crippen molar-refractivity contribution in [3.05, 3.63) is 63.4 Å². The number of carbonyl (C=O) groups excluding carboxylic acids is 3. The molecule has 2 aromatic rings. The van der Waals surface area contributed by atoms with Gasteiger partial charge in [0.15, 0.2) is 0 Å². The Balaban J connectivity index is 1.19. The first-order valence-corrected chi connectivity index (χ1v) is 12.3. The molecule has 9 heteroatoms. The van der Waals surface area contributed by atoms with E-state index in [0.717, 1.165) is 48.4 Å². The van der Waals surface area contributed by atoms with Crippen LogP contribution in [0.2, 0.25) is 5.02 Å². The number of imide groups is 1. The Hall–Kier alpha value is -2.97. The van der Waals surface area contributed by atoms with Crippen molar-refractivity contribution in [1.29, 1.82) is 0 Å². The molecule has 4 aliphatic rings. The number of benzene rings is 2. The summed E-state index contributed by atoms with van der Waals surface area (Å²) in [5, 5.41) is 2.79. The van der Waals surface area contributed by atoms with E-state index in [0.29, 0.717) is 36.7 Å². The SMILES string of the molecule is O=C1CCC(N2Cc3c(ccc4c3OCC43CCN(Cc4ccc(F)cc4Cl)CC3)C2=O)C(=O)N1. The molecule has 1 spiro atoms. The first-order valence-electron chi connectivity index (χ1n) is 11.9. The second kappa shape index (κ2) is 8.31. The van der Waals surface area contributed by atoms with Gasteiger partial charge in [-0.15, -0.1) is 0 Å². The Kier molecular flexibility index (Phi) is 5.34. The third-order valence-corrected chi connectivity index (χ3v) is 8.30. The summed E-state index contributed by atoms with van der Waals surface area (Å²) in [6.07, 6.45) is 2.38. The van der Waals surface area contributed by atoms with E-state index in [1.807, 2.05) is 12.1 Å². The molecule has 35 heavy (non-hydrogen) atoms. The number of nitrogens with zero attached hydrogens (tertiary/aromatic N) is 2. The second-order valence-corrected chi connectivity index (χ2v) is 10.4. The van der Waals surface area contributed by atoms with Gasteiger partial charge in [0.05, 0.1) is 13.2 Å². The lowest BCUT2D eigenvalue weighted by Gasteiger charge is -2.38. The summed E-state index contributed by atoms with van der Waals surface area (Å²) in [6, 6.07) is 7.77. The summed E-state index contributed by atoms with van der Waals surface area (Å²) < 4.78 is 19.6. The molecule has 0 aliphatic carbocycles. The van der Waals surface area contributed by atoms with Gasteiger partial charge in [0, 0.05) is 40.1 Å². The summed E-state index contributed by atoms with van der Waals surface area (Å²) >= 11 is 6.23. The Labute approximate surface area is 207 Å². The number of amides is 3. The number of carbonyl (C=O) groups is 3. The van der Waals surface area contributed by atoms with Crippen LogP contribution in [0.1, 0.15) is 52.7 Å². The number of hydrogen-bond acceptors (Lipinski definition) is 5. The molecule has 1 atom stereocenters. The van der Waals surface area contributed by atoms with Gasteiger partial charge < -0.3 is 9.64 Å². The number of likely N-dealkylation sites (tertiary alicyclic amines) is 1. The average Bonchev–Trinajstić information content (AvgIpc) is 3.35. The Morgan fingerprint density at radius 2 is 1.94 bits per heavy atom. The van der Waals surface area contributed by atoms with E-state index in [9.17, 15) is 18.8 Å². The summed E-state index contributed by atoms with van der Waals surface area (Å²) in [5.74, 6) is -0.452. The topological polar surface area (TPSA) is 79.0 Å². The molecule has 1 unspecified atom stereocenters. The molecule has 0 radical (unpaired) electrons. The number of fused-ring (bicyclic) bond motifs is 4. The molecular weight excluding hydrogens is 473 g/mol. The van der Waals surface area contributed by atoms with Gasteiger partial charge in [-0.05, 0) is 56.1 Å². The Morgan fingerprint density at radius 1 is 1.14 bits per heavy atom. The molecule has 2 fully saturated rings. The van der Waals surface area contributed by atoms with Crippen LogP contribution in [0, 0.1) is 5.82 Å². The minimum atomic E-state index is -0.639. The zero-order valence-corrected chi connectivity index (χ0v) is 19.9. The highest BCUT2D eigenvalue weighted by molar-refractivity contribution is 6.31. The molecule has 3 amide bonds. The molecule has 7 nitrogen and oxygen atoms in total. The monoisotopic (exact) mass is 497 g/mol. The minimum absolute atomic E-state index is 0.113. The van der Waals surface area contributed by atoms with Crippen LogP contribution in [0.5, 0.6) is 5.75 Å². The molecule has 0 bridgehead atoms. The molecule has 1 N–H and O–H groups in total. The highest BCUT2D eigenvalue weighted by atomic mass is 35.5. The first kappa shape index (κ1) is 22.5. The minimum Gasteiger partial charge on any atom is -0.492 e. The van der Waals surface area contributed by atoms with Crippen molar-refractivity contribution in [1.82, 2.24) is 15.1 Å². The molecule has 182 valence electrons. The normalized spacial score (nSPS) is 23.3. The zero-order valence-electron chi connectivity index (χ0n) is 19.1. The highest BCUT2D eigenvalue weighted by Crippen LogP contribution is 2.49. The van der Waals surface area contributed by atoms with Crippen molar-refractivity contribution in [3.63, 3.8) is 0 Å². The van der Waals surface area contributed by atoms with Crippen LogP contribution < -0.4 is 10.1 Å². The molecule has 6 rings (SSSR count). The summed E-state index contributed by atoms with van der Waals surface area (Å²) in [6.45, 7) is 3.26. The van der Waals surface area contributed by atoms with Crippen molar-refractivity contribution < 1.29 is 23.5 Å². The number of nitrogens with one attached hydrogen (secondary N) is 1. The van der Waals surface area contributed by atoms with Gasteiger partial charge in [-0.2, -0.15) is 0 Å². The molecule has 2 aromatic carbocycles. The lowest BCUT2D eigenvalue weighted by Crippen LogP contribution is -2.52. The maximum Gasteiger partial charge on any atom is 0.255 e. The lowest BCUT2D eigenvalue weighted by molar-refractivity contribution is -0.136. The molecule has 4 aliphatic heterocycles. The second-order valence-electron chi connectivity index (χ2n) is 9.95. The third kappa shape index (κ3) is 3.70. The van der Waals surface area contributed by atoms with Crippen LogP contribution in [-0.4, -0.2) is 53.3 Å². The van der Waals surface area contributed by atoms with Crippen LogP contribution in [-0.2, 0) is 28.1 Å². The summed E-state index contributed by atoms with van der Waals surface area (Å²) in [7, 11) is 0. The van der Waals surface area contributed by atoms with Gasteiger partial charge in [-0.1, -0.05) is 23.7 Å².